The van der Waals surface area contributed by atoms with Gasteiger partial charge in [0.2, 0.25) is 0 Å². The average Bonchev–Trinajstić information content (AvgIpc) is 2.17. The summed E-state index contributed by atoms with van der Waals surface area (Å²) in [6.45, 7) is 2.00. The zero-order valence-corrected chi connectivity index (χ0v) is 5.31. The first-order valence-corrected chi connectivity index (χ1v) is 2.87. The number of hydrazine groups is 1. The van der Waals surface area contributed by atoms with Crippen molar-refractivity contribution >= 4 is 0 Å². The van der Waals surface area contributed by atoms with Gasteiger partial charge in [0.05, 0.1) is 0 Å². The lowest BCUT2D eigenvalue weighted by molar-refractivity contribution is 0.198. The molecule has 3 heteroatoms. The zero-order valence-electron chi connectivity index (χ0n) is 5.31. The molecule has 0 aromatic heterocycles. The zero-order chi connectivity index (χ0) is 6.24. The first-order chi connectivity index (χ1) is 3.91. The Balaban J connectivity index is 0.000000145. The van der Waals surface area contributed by atoms with E-state index < -0.39 is 0 Å². The summed E-state index contributed by atoms with van der Waals surface area (Å²) in [5.41, 5.74) is 2.25. The number of nitrogens with two attached hydrogens (primary N) is 1. The molecule has 0 spiro atoms. The predicted octanol–water partition coefficient (Wildman–Crippen LogP) is -0.124. The molecule has 50 valence electrons. The van der Waals surface area contributed by atoms with Gasteiger partial charge in [-0.25, -0.2) is 0 Å². The van der Waals surface area contributed by atoms with Crippen LogP contribution in [-0.4, -0.2) is 20.3 Å². The van der Waals surface area contributed by atoms with Crippen molar-refractivity contribution < 1.29 is 4.74 Å². The summed E-state index contributed by atoms with van der Waals surface area (Å²) >= 11 is 0. The maximum Gasteiger partial charge on any atom is 0.0466 e. The fraction of sp³-hybridized carbons (Fsp3) is 1.00. The molecule has 3 nitrogen and oxygen atoms in total. The molecule has 1 fully saturated rings. The number of nitrogens with one attached hydrogen (secondary N) is 1. The van der Waals surface area contributed by atoms with Crippen LogP contribution in [0.2, 0.25) is 0 Å². The summed E-state index contributed by atoms with van der Waals surface area (Å²) < 4.78 is 4.94. The topological polar surface area (TPSA) is 47.3 Å². The van der Waals surface area contributed by atoms with E-state index in [1.54, 1.807) is 7.05 Å². The molecule has 0 unspecified atom stereocenters. The Morgan fingerprint density at radius 2 is 1.75 bits per heavy atom. The van der Waals surface area contributed by atoms with Gasteiger partial charge in [-0.1, -0.05) is 0 Å². The van der Waals surface area contributed by atoms with E-state index in [1.807, 2.05) is 0 Å². The highest BCUT2D eigenvalue weighted by atomic mass is 16.5. The number of rotatable bonds is 0. The molecule has 8 heavy (non-hydrogen) atoms. The van der Waals surface area contributed by atoms with E-state index in [2.05, 4.69) is 11.3 Å². The van der Waals surface area contributed by atoms with E-state index >= 15 is 0 Å². The van der Waals surface area contributed by atoms with Gasteiger partial charge >= 0.3 is 0 Å². The average molecular weight is 118 g/mol. The molecule has 1 aliphatic rings. The van der Waals surface area contributed by atoms with Crippen molar-refractivity contribution in [2.75, 3.05) is 20.3 Å². The molecule has 1 heterocycles. The smallest absolute Gasteiger partial charge is 0.0466 e. The van der Waals surface area contributed by atoms with Crippen LogP contribution in [0, 0.1) is 0 Å². The van der Waals surface area contributed by atoms with Crippen LogP contribution >= 0.6 is 0 Å². The summed E-state index contributed by atoms with van der Waals surface area (Å²) in [6.07, 6.45) is 2.56. The van der Waals surface area contributed by atoms with Gasteiger partial charge < -0.3 is 4.74 Å². The molecule has 1 rings (SSSR count). The quantitative estimate of drug-likeness (QED) is 0.344. The summed E-state index contributed by atoms with van der Waals surface area (Å²) in [4.78, 5) is 0. The van der Waals surface area contributed by atoms with Crippen LogP contribution in [-0.2, 0) is 4.74 Å². The van der Waals surface area contributed by atoms with Gasteiger partial charge in [0, 0.05) is 13.2 Å². The molecule has 0 atom stereocenters. The van der Waals surface area contributed by atoms with E-state index in [4.69, 9.17) is 4.74 Å². The molecule has 0 saturated carbocycles. The Kier molecular flexibility index (Phi) is 6.78. The molecular formula is C5H14N2O. The Morgan fingerprint density at radius 1 is 1.38 bits per heavy atom. The minimum absolute atomic E-state index is 1.00. The van der Waals surface area contributed by atoms with Crippen molar-refractivity contribution in [3.05, 3.63) is 0 Å². The highest BCUT2D eigenvalue weighted by Crippen LogP contribution is 1.98. The van der Waals surface area contributed by atoms with Gasteiger partial charge in [-0.2, -0.15) is 0 Å². The minimum atomic E-state index is 1.00. The Bertz CT molecular complexity index is 29.8. The van der Waals surface area contributed by atoms with Crippen LogP contribution in [0.25, 0.3) is 0 Å². The Hall–Kier alpha value is -0.120. The van der Waals surface area contributed by atoms with Crippen molar-refractivity contribution in [3.63, 3.8) is 0 Å². The molecule has 1 saturated heterocycles. The van der Waals surface area contributed by atoms with Crippen molar-refractivity contribution in [3.8, 4) is 0 Å². The second kappa shape index (κ2) is 6.88. The van der Waals surface area contributed by atoms with Crippen molar-refractivity contribution in [2.24, 2.45) is 5.84 Å². The van der Waals surface area contributed by atoms with Gasteiger partial charge in [0.15, 0.2) is 0 Å². The van der Waals surface area contributed by atoms with E-state index in [9.17, 15) is 0 Å². The van der Waals surface area contributed by atoms with Crippen molar-refractivity contribution in [1.29, 1.82) is 0 Å². The summed E-state index contributed by atoms with van der Waals surface area (Å²) in [5, 5.41) is 0. The fourth-order valence-corrected chi connectivity index (χ4v) is 0.510. The number of hydrogen-bond donors (Lipinski definition) is 2. The van der Waals surface area contributed by atoms with E-state index in [0.29, 0.717) is 0 Å². The SMILES string of the molecule is C1CCOC1.CNN. The highest BCUT2D eigenvalue weighted by Gasteiger charge is 1.94. The van der Waals surface area contributed by atoms with Gasteiger partial charge in [0.1, 0.15) is 0 Å². The van der Waals surface area contributed by atoms with Crippen LogP contribution in [0.3, 0.4) is 0 Å². The molecule has 0 aromatic rings. The van der Waals surface area contributed by atoms with Crippen LogP contribution in [0.5, 0.6) is 0 Å². The second-order valence-electron chi connectivity index (χ2n) is 1.61. The van der Waals surface area contributed by atoms with Crippen LogP contribution in [0.1, 0.15) is 12.8 Å². The van der Waals surface area contributed by atoms with E-state index in [-0.39, 0.29) is 0 Å². The molecule has 0 radical (unpaired) electrons. The summed E-state index contributed by atoms with van der Waals surface area (Å²) in [6, 6.07) is 0. The third-order valence-electron chi connectivity index (χ3n) is 0.827. The van der Waals surface area contributed by atoms with Gasteiger partial charge in [0.25, 0.3) is 0 Å². The monoisotopic (exact) mass is 118 g/mol. The lowest BCUT2D eigenvalue weighted by Gasteiger charge is -1.76. The third-order valence-corrected chi connectivity index (χ3v) is 0.827. The lowest BCUT2D eigenvalue weighted by Crippen LogP contribution is -2.13. The Morgan fingerprint density at radius 3 is 1.88 bits per heavy atom. The Labute approximate surface area is 50.2 Å². The molecule has 3 N–H and O–H groups in total. The van der Waals surface area contributed by atoms with Crippen LogP contribution in [0.15, 0.2) is 0 Å². The maximum absolute atomic E-state index is 4.94. The van der Waals surface area contributed by atoms with E-state index in [1.165, 1.54) is 12.8 Å². The summed E-state index contributed by atoms with van der Waals surface area (Å²) in [5.74, 6) is 4.60. The van der Waals surface area contributed by atoms with Crippen molar-refractivity contribution in [1.82, 2.24) is 5.43 Å². The normalized spacial score (nSPS) is 17.2. The largest absolute Gasteiger partial charge is 0.381 e. The van der Waals surface area contributed by atoms with E-state index in [0.717, 1.165) is 13.2 Å². The molecule has 1 aliphatic heterocycles. The number of ether oxygens (including phenoxy) is 1. The molecular weight excluding hydrogens is 104 g/mol. The fourth-order valence-electron chi connectivity index (χ4n) is 0.510. The highest BCUT2D eigenvalue weighted by molar-refractivity contribution is 4.43. The first-order valence-electron chi connectivity index (χ1n) is 2.87. The maximum atomic E-state index is 4.94. The van der Waals surface area contributed by atoms with Crippen LogP contribution in [0.4, 0.5) is 0 Å². The van der Waals surface area contributed by atoms with Crippen LogP contribution < -0.4 is 11.3 Å². The van der Waals surface area contributed by atoms with Crippen molar-refractivity contribution in [2.45, 2.75) is 12.8 Å². The summed E-state index contributed by atoms with van der Waals surface area (Å²) in [7, 11) is 1.65. The molecule has 0 amide bonds. The van der Waals surface area contributed by atoms with Gasteiger partial charge in [-0.15, -0.1) is 0 Å². The first kappa shape index (κ1) is 7.88. The molecule has 0 aromatic carbocycles. The van der Waals surface area contributed by atoms with Gasteiger partial charge in [-0.05, 0) is 19.9 Å². The predicted molar refractivity (Wildman–Crippen MR) is 33.3 cm³/mol. The van der Waals surface area contributed by atoms with Gasteiger partial charge in [-0.3, -0.25) is 11.3 Å². The second-order valence-corrected chi connectivity index (χ2v) is 1.61. The standard InChI is InChI=1S/C4H8O.CH6N2/c1-2-4-5-3-1;1-3-2/h1-4H2;3H,2H2,1H3. The molecule has 0 aliphatic carbocycles. The number of hydrogen-bond acceptors (Lipinski definition) is 3. The lowest BCUT2D eigenvalue weighted by atomic mass is 10.4. The minimum Gasteiger partial charge on any atom is -0.381 e. The third kappa shape index (κ3) is 5.88. The molecule has 0 bridgehead atoms.